The fourth-order valence-electron chi connectivity index (χ4n) is 2.11. The van der Waals surface area contributed by atoms with Gasteiger partial charge >= 0.3 is 0 Å². The molecule has 1 aromatic rings. The Bertz CT molecular complexity index is 387. The molecule has 0 radical (unpaired) electrons. The number of nitrogens with one attached hydrogen (secondary N) is 1. The molecule has 0 saturated carbocycles. The number of ketones is 1. The van der Waals surface area contributed by atoms with Crippen molar-refractivity contribution in [1.82, 2.24) is 10.3 Å². The third kappa shape index (κ3) is 3.03. The molecule has 2 rings (SSSR count). The summed E-state index contributed by atoms with van der Waals surface area (Å²) >= 11 is 0. The highest BCUT2D eigenvalue weighted by molar-refractivity contribution is 5.98. The molecule has 0 aromatic carbocycles. The van der Waals surface area contributed by atoms with Gasteiger partial charge in [0.15, 0.2) is 5.78 Å². The van der Waals surface area contributed by atoms with Crippen LogP contribution in [0.25, 0.3) is 0 Å². The van der Waals surface area contributed by atoms with Crippen LogP contribution >= 0.6 is 0 Å². The molecule has 1 atom stereocenters. The predicted octanol–water partition coefficient (Wildman–Crippen LogP) is 1.66. The van der Waals surface area contributed by atoms with Gasteiger partial charge in [-0.25, -0.2) is 0 Å². The van der Waals surface area contributed by atoms with Gasteiger partial charge in [-0.05, 0) is 32.4 Å². The summed E-state index contributed by atoms with van der Waals surface area (Å²) in [5.74, 6) is 0.927. The van der Waals surface area contributed by atoms with E-state index in [4.69, 9.17) is 4.74 Å². The van der Waals surface area contributed by atoms with Gasteiger partial charge in [-0.2, -0.15) is 0 Å². The maximum Gasteiger partial charge on any atom is 0.168 e. The van der Waals surface area contributed by atoms with Gasteiger partial charge in [0.2, 0.25) is 0 Å². The highest BCUT2D eigenvalue weighted by atomic mass is 16.5. The fourth-order valence-corrected chi connectivity index (χ4v) is 2.11. The molecule has 1 saturated heterocycles. The molecule has 4 nitrogen and oxygen atoms in total. The number of hydrogen-bond donors (Lipinski definition) is 1. The molecule has 92 valence electrons. The van der Waals surface area contributed by atoms with Crippen molar-refractivity contribution in [3.05, 3.63) is 24.0 Å². The molecular formula is C13H18N2O2. The smallest absolute Gasteiger partial charge is 0.168 e. The lowest BCUT2D eigenvalue weighted by Crippen LogP contribution is -2.34. The van der Waals surface area contributed by atoms with Gasteiger partial charge in [0.1, 0.15) is 5.75 Å². The van der Waals surface area contributed by atoms with Crippen molar-refractivity contribution in [3.63, 3.8) is 0 Å². The topological polar surface area (TPSA) is 51.2 Å². The Morgan fingerprint density at radius 3 is 3.18 bits per heavy atom. The monoisotopic (exact) mass is 234 g/mol. The third-order valence-corrected chi connectivity index (χ3v) is 2.98. The number of hydrogen-bond acceptors (Lipinski definition) is 4. The molecule has 1 aromatic heterocycles. The maximum absolute atomic E-state index is 12.2. The van der Waals surface area contributed by atoms with Crippen LogP contribution in [-0.4, -0.2) is 30.5 Å². The maximum atomic E-state index is 12.2. The van der Waals surface area contributed by atoms with Crippen molar-refractivity contribution in [2.24, 2.45) is 5.92 Å². The first-order valence-electron chi connectivity index (χ1n) is 6.14. The molecule has 2 heterocycles. The zero-order valence-electron chi connectivity index (χ0n) is 10.1. The summed E-state index contributed by atoms with van der Waals surface area (Å²) in [6.45, 7) is 4.29. The molecule has 1 aliphatic heterocycles. The van der Waals surface area contributed by atoms with Crippen LogP contribution in [0.15, 0.2) is 18.5 Å². The van der Waals surface area contributed by atoms with Gasteiger partial charge < -0.3 is 10.1 Å². The Labute approximate surface area is 101 Å². The molecule has 0 spiro atoms. The number of nitrogens with zero attached hydrogens (tertiary/aromatic N) is 1. The molecule has 1 unspecified atom stereocenters. The van der Waals surface area contributed by atoms with E-state index in [1.807, 2.05) is 6.92 Å². The van der Waals surface area contributed by atoms with Crippen LogP contribution in [0.5, 0.6) is 5.75 Å². The second-order valence-electron chi connectivity index (χ2n) is 4.25. The minimum atomic E-state index is 0.0856. The Morgan fingerprint density at radius 1 is 1.59 bits per heavy atom. The van der Waals surface area contributed by atoms with E-state index >= 15 is 0 Å². The molecule has 1 N–H and O–H groups in total. The molecule has 4 heteroatoms. The number of carbonyl (C=O) groups excluding carboxylic acids is 1. The fraction of sp³-hybridized carbons (Fsp3) is 0.538. The molecule has 0 bridgehead atoms. The van der Waals surface area contributed by atoms with Gasteiger partial charge in [0, 0.05) is 24.2 Å². The van der Waals surface area contributed by atoms with Crippen LogP contribution in [0, 0.1) is 5.92 Å². The van der Waals surface area contributed by atoms with E-state index in [9.17, 15) is 4.79 Å². The molecule has 0 aliphatic carbocycles. The van der Waals surface area contributed by atoms with Crippen LogP contribution in [0.1, 0.15) is 30.1 Å². The van der Waals surface area contributed by atoms with Crippen LogP contribution in [-0.2, 0) is 0 Å². The highest BCUT2D eigenvalue weighted by Crippen LogP contribution is 2.19. The van der Waals surface area contributed by atoms with Crippen molar-refractivity contribution < 1.29 is 9.53 Å². The number of rotatable bonds is 4. The van der Waals surface area contributed by atoms with E-state index < -0.39 is 0 Å². The second-order valence-corrected chi connectivity index (χ2v) is 4.25. The summed E-state index contributed by atoms with van der Waals surface area (Å²) in [6, 6.07) is 1.79. The lowest BCUT2D eigenvalue weighted by Gasteiger charge is -2.21. The van der Waals surface area contributed by atoms with Crippen LogP contribution in [0.3, 0.4) is 0 Å². The van der Waals surface area contributed by atoms with Crippen LogP contribution in [0.4, 0.5) is 0 Å². The van der Waals surface area contributed by atoms with Gasteiger partial charge in [-0.1, -0.05) is 0 Å². The van der Waals surface area contributed by atoms with Crippen molar-refractivity contribution >= 4 is 5.78 Å². The van der Waals surface area contributed by atoms with E-state index in [0.717, 1.165) is 25.9 Å². The van der Waals surface area contributed by atoms with Crippen molar-refractivity contribution in [3.8, 4) is 5.75 Å². The second kappa shape index (κ2) is 5.77. The van der Waals surface area contributed by atoms with Crippen molar-refractivity contribution in [2.45, 2.75) is 19.8 Å². The molecule has 0 amide bonds. The van der Waals surface area contributed by atoms with Gasteiger partial charge in [-0.15, -0.1) is 0 Å². The van der Waals surface area contributed by atoms with Gasteiger partial charge in [-0.3, -0.25) is 9.78 Å². The Hall–Kier alpha value is -1.42. The number of carbonyl (C=O) groups is 1. The summed E-state index contributed by atoms with van der Waals surface area (Å²) in [7, 11) is 0. The normalized spacial score (nSPS) is 19.9. The number of ether oxygens (including phenoxy) is 1. The van der Waals surface area contributed by atoms with Crippen molar-refractivity contribution in [1.29, 1.82) is 0 Å². The minimum absolute atomic E-state index is 0.0856. The quantitative estimate of drug-likeness (QED) is 0.805. The average Bonchev–Trinajstić information content (AvgIpc) is 2.40. The summed E-state index contributed by atoms with van der Waals surface area (Å²) in [5, 5.41) is 3.25. The lowest BCUT2D eigenvalue weighted by atomic mass is 9.92. The largest absolute Gasteiger partial charge is 0.492 e. The van der Waals surface area contributed by atoms with E-state index in [2.05, 4.69) is 10.3 Å². The Balaban J connectivity index is 2.09. The highest BCUT2D eigenvalue weighted by Gasteiger charge is 2.22. The Morgan fingerprint density at radius 2 is 2.47 bits per heavy atom. The van der Waals surface area contributed by atoms with E-state index in [-0.39, 0.29) is 11.7 Å². The molecule has 17 heavy (non-hydrogen) atoms. The van der Waals surface area contributed by atoms with Crippen molar-refractivity contribution in [2.75, 3.05) is 19.7 Å². The molecular weight excluding hydrogens is 216 g/mol. The summed E-state index contributed by atoms with van der Waals surface area (Å²) in [4.78, 5) is 16.3. The number of aromatic nitrogens is 1. The van der Waals surface area contributed by atoms with Crippen LogP contribution in [0.2, 0.25) is 0 Å². The zero-order valence-corrected chi connectivity index (χ0v) is 10.1. The van der Waals surface area contributed by atoms with E-state index in [1.165, 1.54) is 0 Å². The number of Topliss-reactive ketones (excluding diaryl/α,β-unsaturated/α-hetero) is 1. The zero-order chi connectivity index (χ0) is 12.1. The molecule has 1 fully saturated rings. The summed E-state index contributed by atoms with van der Waals surface area (Å²) < 4.78 is 5.35. The summed E-state index contributed by atoms with van der Waals surface area (Å²) in [5.41, 5.74) is 0.657. The number of pyridine rings is 1. The first-order chi connectivity index (χ1) is 8.31. The predicted molar refractivity (Wildman–Crippen MR) is 65.3 cm³/mol. The first kappa shape index (κ1) is 12.0. The third-order valence-electron chi connectivity index (χ3n) is 2.98. The standard InChI is InChI=1S/C13H18N2O2/c1-2-17-12-6-11(8-15-9-12)13(16)10-4-3-5-14-7-10/h6,8-10,14H,2-5,7H2,1H3. The average molecular weight is 234 g/mol. The van der Waals surface area contributed by atoms with E-state index in [1.54, 1.807) is 18.5 Å². The minimum Gasteiger partial charge on any atom is -0.492 e. The SMILES string of the molecule is CCOc1cncc(C(=O)C2CCCNC2)c1. The summed E-state index contributed by atoms with van der Waals surface area (Å²) in [6.07, 6.45) is 5.29. The number of piperidine rings is 1. The molecule has 1 aliphatic rings. The first-order valence-corrected chi connectivity index (χ1v) is 6.14. The lowest BCUT2D eigenvalue weighted by molar-refractivity contribution is 0.0899. The van der Waals surface area contributed by atoms with Crippen LogP contribution < -0.4 is 10.1 Å². The van der Waals surface area contributed by atoms with Gasteiger partial charge in [0.05, 0.1) is 12.8 Å². The Kier molecular flexibility index (Phi) is 4.09. The van der Waals surface area contributed by atoms with E-state index in [0.29, 0.717) is 17.9 Å². The van der Waals surface area contributed by atoms with Gasteiger partial charge in [0.25, 0.3) is 0 Å².